The van der Waals surface area contributed by atoms with Crippen LogP contribution in [-0.4, -0.2) is 9.55 Å². The Morgan fingerprint density at radius 2 is 1.74 bits per heavy atom. The summed E-state index contributed by atoms with van der Waals surface area (Å²) in [6, 6.07) is 19.1. The van der Waals surface area contributed by atoms with E-state index in [4.69, 9.17) is 4.98 Å². The van der Waals surface area contributed by atoms with Gasteiger partial charge in [0, 0.05) is 17.3 Å². The normalized spacial score (nSPS) is 11.6. The minimum atomic E-state index is 0.962. The molecule has 0 atom stereocenters. The molecule has 2 nitrogen and oxygen atoms in total. The molecule has 0 aliphatic carbocycles. The Labute approximate surface area is 111 Å². The smallest absolute Gasteiger partial charge is 0.0967 e. The van der Waals surface area contributed by atoms with Crippen LogP contribution in [0.2, 0.25) is 0 Å². The molecule has 0 aliphatic heterocycles. The molecule has 2 aromatic carbocycles. The van der Waals surface area contributed by atoms with Gasteiger partial charge in [-0.2, -0.15) is 0 Å². The van der Waals surface area contributed by atoms with E-state index in [1.807, 2.05) is 6.07 Å². The number of hydrogen-bond donors (Lipinski definition) is 0. The Bertz CT molecular complexity index is 903. The second-order valence-electron chi connectivity index (χ2n) is 4.81. The van der Waals surface area contributed by atoms with Crippen LogP contribution in [0.25, 0.3) is 32.8 Å². The van der Waals surface area contributed by atoms with Crippen molar-refractivity contribution in [2.24, 2.45) is 0 Å². The van der Waals surface area contributed by atoms with E-state index in [2.05, 4.69) is 60.0 Å². The van der Waals surface area contributed by atoms with Crippen LogP contribution in [0.1, 0.15) is 6.92 Å². The van der Waals surface area contributed by atoms with E-state index < -0.39 is 0 Å². The van der Waals surface area contributed by atoms with Crippen molar-refractivity contribution in [3.05, 3.63) is 54.6 Å². The molecule has 0 N–H and O–H groups in total. The average molecular weight is 246 g/mol. The van der Waals surface area contributed by atoms with E-state index in [9.17, 15) is 0 Å². The van der Waals surface area contributed by atoms with Crippen molar-refractivity contribution in [1.29, 1.82) is 0 Å². The zero-order chi connectivity index (χ0) is 12.8. The zero-order valence-corrected chi connectivity index (χ0v) is 10.8. The Morgan fingerprint density at radius 1 is 0.947 bits per heavy atom. The van der Waals surface area contributed by atoms with Gasteiger partial charge in [-0.05, 0) is 25.1 Å². The number of para-hydroxylation sites is 2. The molecule has 0 saturated heterocycles. The number of rotatable bonds is 1. The van der Waals surface area contributed by atoms with Gasteiger partial charge >= 0.3 is 0 Å². The molecule has 2 aromatic heterocycles. The van der Waals surface area contributed by atoms with E-state index in [1.165, 1.54) is 21.8 Å². The summed E-state index contributed by atoms with van der Waals surface area (Å²) in [6.07, 6.45) is 0. The minimum Gasteiger partial charge on any atom is -0.339 e. The lowest BCUT2D eigenvalue weighted by Crippen LogP contribution is -1.93. The summed E-state index contributed by atoms with van der Waals surface area (Å²) in [5.41, 5.74) is 4.66. The van der Waals surface area contributed by atoms with Crippen molar-refractivity contribution in [3.63, 3.8) is 0 Å². The second kappa shape index (κ2) is 3.82. The Kier molecular flexibility index (Phi) is 2.12. The van der Waals surface area contributed by atoms with E-state index in [1.54, 1.807) is 0 Å². The van der Waals surface area contributed by atoms with Crippen LogP contribution in [0, 0.1) is 0 Å². The van der Waals surface area contributed by atoms with Crippen LogP contribution in [0.5, 0.6) is 0 Å². The first-order chi connectivity index (χ1) is 9.38. The maximum atomic E-state index is 4.85. The van der Waals surface area contributed by atoms with Crippen molar-refractivity contribution < 1.29 is 0 Å². The van der Waals surface area contributed by atoms with Gasteiger partial charge in [0.05, 0.1) is 22.1 Å². The molecule has 0 aliphatic rings. The maximum Gasteiger partial charge on any atom is 0.0967 e. The lowest BCUT2D eigenvalue weighted by atomic mass is 10.2. The Morgan fingerprint density at radius 3 is 2.63 bits per heavy atom. The molecule has 0 amide bonds. The van der Waals surface area contributed by atoms with Crippen LogP contribution >= 0.6 is 0 Å². The third kappa shape index (κ3) is 1.40. The standard InChI is InChI=1S/C17H14N2/c1-2-19-15-10-6-4-8-13(15)17-16(19)11-12-7-3-5-9-14(12)18-17/h3-11H,2H2,1H3. The van der Waals surface area contributed by atoms with Gasteiger partial charge in [-0.25, -0.2) is 4.98 Å². The van der Waals surface area contributed by atoms with Crippen LogP contribution in [-0.2, 0) is 6.54 Å². The fourth-order valence-corrected chi connectivity index (χ4v) is 2.89. The first-order valence-corrected chi connectivity index (χ1v) is 6.65. The van der Waals surface area contributed by atoms with Gasteiger partial charge < -0.3 is 4.57 Å². The molecule has 0 saturated carbocycles. The van der Waals surface area contributed by atoms with E-state index in [0.717, 1.165) is 17.6 Å². The van der Waals surface area contributed by atoms with E-state index in [0.29, 0.717) is 0 Å². The maximum absolute atomic E-state index is 4.85. The predicted octanol–water partition coefficient (Wildman–Crippen LogP) is 4.36. The highest BCUT2D eigenvalue weighted by molar-refractivity contribution is 6.08. The topological polar surface area (TPSA) is 17.8 Å². The molecule has 0 radical (unpaired) electrons. The van der Waals surface area contributed by atoms with Gasteiger partial charge in [-0.15, -0.1) is 0 Å². The highest BCUT2D eigenvalue weighted by atomic mass is 15.0. The minimum absolute atomic E-state index is 0.962. The summed E-state index contributed by atoms with van der Waals surface area (Å²) in [5, 5.41) is 2.44. The monoisotopic (exact) mass is 246 g/mol. The van der Waals surface area contributed by atoms with Crippen LogP contribution in [0.3, 0.4) is 0 Å². The molecular weight excluding hydrogens is 232 g/mol. The largest absolute Gasteiger partial charge is 0.339 e. The number of hydrogen-bond acceptors (Lipinski definition) is 1. The van der Waals surface area contributed by atoms with E-state index in [-0.39, 0.29) is 0 Å². The summed E-state index contributed by atoms with van der Waals surface area (Å²) in [5.74, 6) is 0. The lowest BCUT2D eigenvalue weighted by Gasteiger charge is -2.03. The highest BCUT2D eigenvalue weighted by Gasteiger charge is 2.11. The van der Waals surface area contributed by atoms with Crippen molar-refractivity contribution in [3.8, 4) is 0 Å². The quantitative estimate of drug-likeness (QED) is 0.488. The van der Waals surface area contributed by atoms with Crippen molar-refractivity contribution in [2.75, 3.05) is 0 Å². The summed E-state index contributed by atoms with van der Waals surface area (Å²) >= 11 is 0. The first kappa shape index (κ1) is 10.6. The van der Waals surface area contributed by atoms with Gasteiger partial charge in [0.25, 0.3) is 0 Å². The first-order valence-electron chi connectivity index (χ1n) is 6.65. The van der Waals surface area contributed by atoms with Crippen LogP contribution in [0.15, 0.2) is 54.6 Å². The molecule has 92 valence electrons. The molecule has 2 heteroatoms. The lowest BCUT2D eigenvalue weighted by molar-refractivity contribution is 0.827. The van der Waals surface area contributed by atoms with Gasteiger partial charge in [-0.3, -0.25) is 0 Å². The molecule has 0 fully saturated rings. The SMILES string of the molecule is CCn1c2ccccc2c2nc3ccccc3cc21. The van der Waals surface area contributed by atoms with Gasteiger partial charge in [-0.1, -0.05) is 36.4 Å². The number of fused-ring (bicyclic) bond motifs is 4. The number of pyridine rings is 1. The molecule has 0 unspecified atom stereocenters. The highest BCUT2D eigenvalue weighted by Crippen LogP contribution is 2.29. The summed E-state index contributed by atoms with van der Waals surface area (Å²) < 4.78 is 2.34. The molecular formula is C17H14N2. The second-order valence-corrected chi connectivity index (χ2v) is 4.81. The van der Waals surface area contributed by atoms with Gasteiger partial charge in [0.1, 0.15) is 0 Å². The third-order valence-electron chi connectivity index (χ3n) is 3.76. The van der Waals surface area contributed by atoms with Crippen molar-refractivity contribution in [2.45, 2.75) is 13.5 Å². The third-order valence-corrected chi connectivity index (χ3v) is 3.76. The molecule has 2 heterocycles. The molecule has 0 bridgehead atoms. The molecule has 4 rings (SSSR count). The Hall–Kier alpha value is -2.35. The fourth-order valence-electron chi connectivity index (χ4n) is 2.89. The number of nitrogens with zero attached hydrogens (tertiary/aromatic N) is 2. The van der Waals surface area contributed by atoms with Crippen molar-refractivity contribution in [1.82, 2.24) is 9.55 Å². The van der Waals surface area contributed by atoms with Gasteiger partial charge in [0.2, 0.25) is 0 Å². The summed E-state index contributed by atoms with van der Waals surface area (Å²) in [4.78, 5) is 4.85. The predicted molar refractivity (Wildman–Crippen MR) is 80.4 cm³/mol. The average Bonchev–Trinajstić information content (AvgIpc) is 2.78. The molecule has 0 spiro atoms. The fraction of sp³-hybridized carbons (Fsp3) is 0.118. The van der Waals surface area contributed by atoms with Gasteiger partial charge in [0.15, 0.2) is 0 Å². The van der Waals surface area contributed by atoms with E-state index >= 15 is 0 Å². The van der Waals surface area contributed by atoms with Crippen LogP contribution < -0.4 is 0 Å². The Balaban J connectivity index is 2.29. The zero-order valence-electron chi connectivity index (χ0n) is 10.8. The van der Waals surface area contributed by atoms with Crippen molar-refractivity contribution >= 4 is 32.8 Å². The number of aryl methyl sites for hydroxylation is 1. The number of aromatic nitrogens is 2. The molecule has 4 aromatic rings. The molecule has 19 heavy (non-hydrogen) atoms. The number of benzene rings is 2. The summed E-state index contributed by atoms with van der Waals surface area (Å²) in [6.45, 7) is 3.14. The van der Waals surface area contributed by atoms with Crippen LogP contribution in [0.4, 0.5) is 0 Å². The summed E-state index contributed by atoms with van der Waals surface area (Å²) in [7, 11) is 0.